The summed E-state index contributed by atoms with van der Waals surface area (Å²) in [6.07, 6.45) is 6.26. The molecule has 0 radical (unpaired) electrons. The Morgan fingerprint density at radius 1 is 0.864 bits per heavy atom. The molecule has 0 saturated heterocycles. The first-order chi connectivity index (χ1) is 10.7. The van der Waals surface area contributed by atoms with Crippen molar-refractivity contribution in [3.8, 4) is 24.0 Å². The van der Waals surface area contributed by atoms with Gasteiger partial charge in [-0.2, -0.15) is 0 Å². The minimum atomic E-state index is -0.166. The van der Waals surface area contributed by atoms with Gasteiger partial charge in [0, 0.05) is 5.56 Å². The second-order valence-electron chi connectivity index (χ2n) is 4.18. The van der Waals surface area contributed by atoms with Gasteiger partial charge in [0.25, 0.3) is 12.5 Å². The van der Waals surface area contributed by atoms with Crippen molar-refractivity contribution in [1.82, 2.24) is 0 Å². The quantitative estimate of drug-likeness (QED) is 0.479. The number of nitrogens with zero attached hydrogens (tertiary/aromatic N) is 2. The molecular formula is C17H10N2O3. The molecule has 0 aliphatic heterocycles. The van der Waals surface area contributed by atoms with Crippen LogP contribution in [-0.2, 0) is 0 Å². The minimum absolute atomic E-state index is 0.166. The summed E-state index contributed by atoms with van der Waals surface area (Å²) in [6.45, 7) is 0. The van der Waals surface area contributed by atoms with Crippen molar-refractivity contribution in [1.29, 1.82) is 10.5 Å². The van der Waals surface area contributed by atoms with E-state index in [0.29, 0.717) is 17.1 Å². The molecule has 0 aliphatic rings. The molecule has 0 aromatic heterocycles. The summed E-state index contributed by atoms with van der Waals surface area (Å²) < 4.78 is 9.31. The van der Waals surface area contributed by atoms with Crippen LogP contribution in [0.4, 0.5) is 0 Å². The molecule has 0 fully saturated rings. The van der Waals surface area contributed by atoms with Crippen molar-refractivity contribution in [2.75, 3.05) is 0 Å². The average molecular weight is 290 g/mol. The molecule has 5 heteroatoms. The molecule has 0 spiro atoms. The smallest absolute Gasteiger partial charge is 0.292 e. The van der Waals surface area contributed by atoms with E-state index < -0.39 is 0 Å². The zero-order valence-electron chi connectivity index (χ0n) is 11.4. The van der Waals surface area contributed by atoms with Gasteiger partial charge in [-0.25, -0.2) is 0 Å². The number of carbonyl (C=O) groups excluding carboxylic acids is 1. The van der Waals surface area contributed by atoms with Crippen LogP contribution in [0.5, 0.6) is 11.5 Å². The van der Waals surface area contributed by atoms with E-state index in [4.69, 9.17) is 10.5 Å². The summed E-state index contributed by atoms with van der Waals surface area (Å²) in [6, 6.07) is 13.0. The molecule has 2 aromatic rings. The van der Waals surface area contributed by atoms with Crippen molar-refractivity contribution in [2.45, 2.75) is 0 Å². The highest BCUT2D eigenvalue weighted by atomic mass is 16.5. The number of allylic oxidation sites excluding steroid dienone is 1. The highest BCUT2D eigenvalue weighted by Gasteiger charge is 2.02. The highest BCUT2D eigenvalue weighted by molar-refractivity contribution is 6.06. The number of benzene rings is 2. The van der Waals surface area contributed by atoms with Gasteiger partial charge in [0.15, 0.2) is 5.78 Å². The molecule has 0 heterocycles. The van der Waals surface area contributed by atoms with E-state index in [9.17, 15) is 4.79 Å². The van der Waals surface area contributed by atoms with Crippen LogP contribution in [-0.4, -0.2) is 5.78 Å². The van der Waals surface area contributed by atoms with Gasteiger partial charge in [-0.15, -0.1) is 10.5 Å². The molecule has 0 N–H and O–H groups in total. The zero-order valence-corrected chi connectivity index (χ0v) is 11.4. The standard InChI is InChI=1S/C17H10N2O3/c18-11-21-15-6-1-13(2-7-15)3-10-17(20)14-4-8-16(9-5-14)22-12-19/h1-10H/b10-3+. The summed E-state index contributed by atoms with van der Waals surface area (Å²) in [4.78, 5) is 12.0. The molecule has 0 bridgehead atoms. The van der Waals surface area contributed by atoms with Gasteiger partial charge < -0.3 is 9.47 Å². The monoisotopic (exact) mass is 290 g/mol. The molecule has 0 atom stereocenters. The van der Waals surface area contributed by atoms with Gasteiger partial charge in [-0.05, 0) is 48.0 Å². The molecule has 2 aromatic carbocycles. The lowest BCUT2D eigenvalue weighted by Crippen LogP contribution is -1.94. The van der Waals surface area contributed by atoms with E-state index in [2.05, 4.69) is 9.47 Å². The van der Waals surface area contributed by atoms with Crippen molar-refractivity contribution >= 4 is 11.9 Å². The average Bonchev–Trinajstić information content (AvgIpc) is 2.55. The Morgan fingerprint density at radius 2 is 1.36 bits per heavy atom. The lowest BCUT2D eigenvalue weighted by Gasteiger charge is -1.99. The molecule has 0 aliphatic carbocycles. The third-order valence-corrected chi connectivity index (χ3v) is 2.77. The fourth-order valence-electron chi connectivity index (χ4n) is 1.71. The third-order valence-electron chi connectivity index (χ3n) is 2.77. The van der Waals surface area contributed by atoms with Crippen LogP contribution in [0.1, 0.15) is 15.9 Å². The Hall–Kier alpha value is -3.57. The number of rotatable bonds is 5. The second kappa shape index (κ2) is 7.28. The largest absolute Gasteiger partial charge is 0.388 e. The van der Waals surface area contributed by atoms with Crippen LogP contribution >= 0.6 is 0 Å². The van der Waals surface area contributed by atoms with Gasteiger partial charge in [0.1, 0.15) is 11.5 Å². The summed E-state index contributed by atoms with van der Waals surface area (Å²) in [5.74, 6) is 0.663. The third kappa shape index (κ3) is 3.96. The van der Waals surface area contributed by atoms with E-state index in [-0.39, 0.29) is 5.78 Å². The maximum Gasteiger partial charge on any atom is 0.292 e. The first-order valence-corrected chi connectivity index (χ1v) is 6.27. The highest BCUT2D eigenvalue weighted by Crippen LogP contribution is 2.15. The molecule has 2 rings (SSSR count). The number of ketones is 1. The Kier molecular flexibility index (Phi) is 4.90. The van der Waals surface area contributed by atoms with Gasteiger partial charge >= 0.3 is 0 Å². The van der Waals surface area contributed by atoms with Crippen LogP contribution in [0.15, 0.2) is 54.6 Å². The zero-order chi connectivity index (χ0) is 15.8. The van der Waals surface area contributed by atoms with E-state index in [1.807, 2.05) is 0 Å². The Balaban J connectivity index is 2.04. The Bertz CT molecular complexity index is 764. The maximum absolute atomic E-state index is 12.0. The molecule has 5 nitrogen and oxygen atoms in total. The van der Waals surface area contributed by atoms with Crippen LogP contribution in [0.25, 0.3) is 6.08 Å². The van der Waals surface area contributed by atoms with Crippen molar-refractivity contribution in [2.24, 2.45) is 0 Å². The molecule has 0 amide bonds. The lowest BCUT2D eigenvalue weighted by molar-refractivity contribution is 0.104. The molecule has 106 valence electrons. The van der Waals surface area contributed by atoms with E-state index in [1.165, 1.54) is 6.08 Å². The summed E-state index contributed by atoms with van der Waals surface area (Å²) in [7, 11) is 0. The van der Waals surface area contributed by atoms with Crippen LogP contribution in [0.3, 0.4) is 0 Å². The van der Waals surface area contributed by atoms with Crippen LogP contribution < -0.4 is 9.47 Å². The molecule has 0 unspecified atom stereocenters. The normalized spacial score (nSPS) is 9.73. The number of carbonyl (C=O) groups is 1. The van der Waals surface area contributed by atoms with Gasteiger partial charge in [-0.1, -0.05) is 18.2 Å². The predicted octanol–water partition coefficient (Wildman–Crippen LogP) is 3.30. The Labute approximate surface area is 127 Å². The molecule has 22 heavy (non-hydrogen) atoms. The first-order valence-electron chi connectivity index (χ1n) is 6.27. The lowest BCUT2D eigenvalue weighted by atomic mass is 10.1. The number of hydrogen-bond acceptors (Lipinski definition) is 5. The summed E-state index contributed by atoms with van der Waals surface area (Å²) in [5.41, 5.74) is 1.30. The van der Waals surface area contributed by atoms with Gasteiger partial charge in [0.05, 0.1) is 0 Å². The maximum atomic E-state index is 12.0. The first kappa shape index (κ1) is 14.8. The molecule has 0 saturated carbocycles. The summed E-state index contributed by atoms with van der Waals surface area (Å²) >= 11 is 0. The second-order valence-corrected chi connectivity index (χ2v) is 4.18. The SMILES string of the molecule is N#COc1ccc(/C=C/C(=O)c2ccc(OC#N)cc2)cc1. The topological polar surface area (TPSA) is 83.1 Å². The number of nitriles is 2. The van der Waals surface area contributed by atoms with E-state index in [0.717, 1.165) is 5.56 Å². The molecular weight excluding hydrogens is 280 g/mol. The van der Waals surface area contributed by atoms with E-state index in [1.54, 1.807) is 67.1 Å². The number of ether oxygens (including phenoxy) is 2. The number of hydrogen-bond donors (Lipinski definition) is 0. The van der Waals surface area contributed by atoms with Crippen LogP contribution in [0.2, 0.25) is 0 Å². The predicted molar refractivity (Wildman–Crippen MR) is 78.7 cm³/mol. The van der Waals surface area contributed by atoms with Crippen LogP contribution in [0, 0.1) is 23.0 Å². The minimum Gasteiger partial charge on any atom is -0.388 e. The van der Waals surface area contributed by atoms with E-state index >= 15 is 0 Å². The van der Waals surface area contributed by atoms with Crippen molar-refractivity contribution in [3.63, 3.8) is 0 Å². The Morgan fingerprint density at radius 3 is 1.86 bits per heavy atom. The summed E-state index contributed by atoms with van der Waals surface area (Å²) in [5, 5.41) is 16.8. The fourth-order valence-corrected chi connectivity index (χ4v) is 1.71. The van der Waals surface area contributed by atoms with Crippen molar-refractivity contribution in [3.05, 3.63) is 65.7 Å². The van der Waals surface area contributed by atoms with Crippen molar-refractivity contribution < 1.29 is 14.3 Å². The van der Waals surface area contributed by atoms with Gasteiger partial charge in [0.2, 0.25) is 0 Å². The van der Waals surface area contributed by atoms with Gasteiger partial charge in [-0.3, -0.25) is 4.79 Å². The fraction of sp³-hybridized carbons (Fsp3) is 0.